The topological polar surface area (TPSA) is 98.5 Å². The van der Waals surface area contributed by atoms with E-state index in [1.165, 1.54) is 13.2 Å². The van der Waals surface area contributed by atoms with E-state index in [1.807, 2.05) is 4.72 Å². The van der Waals surface area contributed by atoms with Crippen molar-refractivity contribution in [3.05, 3.63) is 58.1 Å². The van der Waals surface area contributed by atoms with E-state index < -0.39 is 42.9 Å². The van der Waals surface area contributed by atoms with Gasteiger partial charge in [-0.25, -0.2) is 17.2 Å². The maximum Gasteiger partial charge on any atom is 0.293 e. The molecule has 0 amide bonds. The lowest BCUT2D eigenvalue weighted by Crippen LogP contribution is -2.15. The highest BCUT2D eigenvalue weighted by Crippen LogP contribution is 2.30. The predicted molar refractivity (Wildman–Crippen MR) is 76.8 cm³/mol. The third-order valence-corrected chi connectivity index (χ3v) is 4.24. The standard InChI is InChI=1S/C13H10F2N2O5S/c1-22-9-3-5-13(12(7-9)17(18)19)23(20,21)16-11-4-2-8(14)6-10(11)15/h2-7,16H,1H3. The molecule has 1 N–H and O–H groups in total. The van der Waals surface area contributed by atoms with E-state index in [2.05, 4.69) is 0 Å². The van der Waals surface area contributed by atoms with Gasteiger partial charge in [0.05, 0.1) is 23.8 Å². The van der Waals surface area contributed by atoms with Gasteiger partial charge in [0.2, 0.25) is 0 Å². The lowest BCUT2D eigenvalue weighted by Gasteiger charge is -2.10. The van der Waals surface area contributed by atoms with E-state index >= 15 is 0 Å². The molecule has 122 valence electrons. The van der Waals surface area contributed by atoms with Crippen LogP contribution in [-0.4, -0.2) is 20.5 Å². The van der Waals surface area contributed by atoms with Gasteiger partial charge >= 0.3 is 0 Å². The molecule has 0 spiro atoms. The number of nitro groups is 1. The summed E-state index contributed by atoms with van der Waals surface area (Å²) < 4.78 is 57.5. The average Bonchev–Trinajstić information content (AvgIpc) is 2.49. The minimum Gasteiger partial charge on any atom is -0.497 e. The normalized spacial score (nSPS) is 11.1. The van der Waals surface area contributed by atoms with Gasteiger partial charge in [0, 0.05) is 6.07 Å². The minimum atomic E-state index is -4.46. The number of anilines is 1. The van der Waals surface area contributed by atoms with Gasteiger partial charge in [0.25, 0.3) is 15.7 Å². The molecule has 0 saturated heterocycles. The Hall–Kier alpha value is -2.75. The van der Waals surface area contributed by atoms with Crippen LogP contribution in [0.2, 0.25) is 0 Å². The van der Waals surface area contributed by atoms with Crippen molar-refractivity contribution >= 4 is 21.4 Å². The molecule has 0 aliphatic heterocycles. The van der Waals surface area contributed by atoms with Crippen LogP contribution >= 0.6 is 0 Å². The Morgan fingerprint density at radius 1 is 1.17 bits per heavy atom. The number of hydrogen-bond donors (Lipinski definition) is 1. The summed E-state index contributed by atoms with van der Waals surface area (Å²) in [6, 6.07) is 5.31. The smallest absolute Gasteiger partial charge is 0.293 e. The molecule has 0 unspecified atom stereocenters. The highest BCUT2D eigenvalue weighted by Gasteiger charge is 2.27. The van der Waals surface area contributed by atoms with Crippen molar-refractivity contribution in [2.24, 2.45) is 0 Å². The Balaban J connectivity index is 2.49. The number of methoxy groups -OCH3 is 1. The Morgan fingerprint density at radius 2 is 1.87 bits per heavy atom. The largest absolute Gasteiger partial charge is 0.497 e. The van der Waals surface area contributed by atoms with Gasteiger partial charge < -0.3 is 4.74 Å². The Kier molecular flexibility index (Phi) is 4.45. The third kappa shape index (κ3) is 3.54. The zero-order valence-corrected chi connectivity index (χ0v) is 12.4. The quantitative estimate of drug-likeness (QED) is 0.664. The number of rotatable bonds is 5. The monoisotopic (exact) mass is 344 g/mol. The number of nitro benzene ring substituents is 1. The predicted octanol–water partition coefficient (Wildman–Crippen LogP) is 2.68. The van der Waals surface area contributed by atoms with Crippen molar-refractivity contribution in [2.75, 3.05) is 11.8 Å². The van der Waals surface area contributed by atoms with Crippen LogP contribution in [-0.2, 0) is 10.0 Å². The van der Waals surface area contributed by atoms with Gasteiger partial charge in [-0.2, -0.15) is 0 Å². The lowest BCUT2D eigenvalue weighted by atomic mass is 10.3. The van der Waals surface area contributed by atoms with Crippen LogP contribution in [0.15, 0.2) is 41.3 Å². The second-order valence-electron chi connectivity index (χ2n) is 4.32. The van der Waals surface area contributed by atoms with Gasteiger partial charge in [-0.05, 0) is 24.3 Å². The Bertz CT molecular complexity index is 871. The zero-order valence-electron chi connectivity index (χ0n) is 11.6. The molecule has 2 rings (SSSR count). The summed E-state index contributed by atoms with van der Waals surface area (Å²) in [6.07, 6.45) is 0. The molecule has 0 heterocycles. The zero-order chi connectivity index (χ0) is 17.2. The van der Waals surface area contributed by atoms with Gasteiger partial charge in [0.15, 0.2) is 4.90 Å². The summed E-state index contributed by atoms with van der Waals surface area (Å²) >= 11 is 0. The summed E-state index contributed by atoms with van der Waals surface area (Å²) in [5.41, 5.74) is -1.27. The van der Waals surface area contributed by atoms with Crippen LogP contribution in [0.25, 0.3) is 0 Å². The van der Waals surface area contributed by atoms with Gasteiger partial charge in [-0.15, -0.1) is 0 Å². The molecule has 0 fully saturated rings. The summed E-state index contributed by atoms with van der Waals surface area (Å²) in [5, 5.41) is 11.0. The van der Waals surface area contributed by atoms with E-state index in [-0.39, 0.29) is 5.75 Å². The van der Waals surface area contributed by atoms with E-state index in [1.54, 1.807) is 0 Å². The fraction of sp³-hybridized carbons (Fsp3) is 0.0769. The molecule has 0 aliphatic carbocycles. The van der Waals surface area contributed by atoms with Crippen molar-refractivity contribution in [3.63, 3.8) is 0 Å². The number of nitrogens with one attached hydrogen (secondary N) is 1. The van der Waals surface area contributed by atoms with Crippen LogP contribution in [0.1, 0.15) is 0 Å². The van der Waals surface area contributed by atoms with Crippen LogP contribution in [0, 0.1) is 21.7 Å². The summed E-state index contributed by atoms with van der Waals surface area (Å²) in [6.45, 7) is 0. The maximum absolute atomic E-state index is 13.6. The molecule has 2 aromatic carbocycles. The first-order valence-electron chi connectivity index (χ1n) is 6.05. The van der Waals surface area contributed by atoms with E-state index in [0.717, 1.165) is 24.3 Å². The molecular formula is C13H10F2N2O5S. The Labute approximate surface area is 129 Å². The number of ether oxygens (including phenoxy) is 1. The Morgan fingerprint density at radius 3 is 2.43 bits per heavy atom. The van der Waals surface area contributed by atoms with E-state index in [0.29, 0.717) is 6.07 Å². The van der Waals surface area contributed by atoms with Crippen molar-refractivity contribution in [3.8, 4) is 5.75 Å². The van der Waals surface area contributed by atoms with Crippen molar-refractivity contribution in [1.82, 2.24) is 0 Å². The molecule has 0 saturated carbocycles. The molecule has 0 bridgehead atoms. The first kappa shape index (κ1) is 16.6. The van der Waals surface area contributed by atoms with Gasteiger partial charge in [0.1, 0.15) is 17.4 Å². The molecule has 2 aromatic rings. The molecule has 0 atom stereocenters. The van der Waals surface area contributed by atoms with Gasteiger partial charge in [-0.1, -0.05) is 0 Å². The number of benzene rings is 2. The second-order valence-corrected chi connectivity index (χ2v) is 5.97. The third-order valence-electron chi connectivity index (χ3n) is 2.83. The first-order chi connectivity index (χ1) is 10.7. The lowest BCUT2D eigenvalue weighted by molar-refractivity contribution is -0.387. The molecule has 0 aromatic heterocycles. The molecule has 23 heavy (non-hydrogen) atoms. The summed E-state index contributed by atoms with van der Waals surface area (Å²) in [7, 11) is -3.20. The van der Waals surface area contributed by atoms with Crippen molar-refractivity contribution in [1.29, 1.82) is 0 Å². The van der Waals surface area contributed by atoms with Crippen LogP contribution in [0.4, 0.5) is 20.2 Å². The van der Waals surface area contributed by atoms with Crippen LogP contribution in [0.3, 0.4) is 0 Å². The number of hydrogen-bond acceptors (Lipinski definition) is 5. The number of sulfonamides is 1. The summed E-state index contributed by atoms with van der Waals surface area (Å²) in [5.74, 6) is -1.95. The van der Waals surface area contributed by atoms with Crippen molar-refractivity contribution < 1.29 is 26.9 Å². The van der Waals surface area contributed by atoms with E-state index in [4.69, 9.17) is 4.74 Å². The fourth-order valence-electron chi connectivity index (χ4n) is 1.77. The maximum atomic E-state index is 13.6. The number of halogens is 2. The van der Waals surface area contributed by atoms with E-state index in [9.17, 15) is 27.3 Å². The SMILES string of the molecule is COc1ccc(S(=O)(=O)Nc2ccc(F)cc2F)c([N+](=O)[O-])c1. The molecule has 7 nitrogen and oxygen atoms in total. The van der Waals surface area contributed by atoms with Crippen molar-refractivity contribution in [2.45, 2.75) is 4.90 Å². The molecular weight excluding hydrogens is 334 g/mol. The molecule has 0 aliphatic rings. The number of nitrogens with zero attached hydrogens (tertiary/aromatic N) is 1. The van der Waals surface area contributed by atoms with Crippen LogP contribution < -0.4 is 9.46 Å². The highest BCUT2D eigenvalue weighted by atomic mass is 32.2. The fourth-order valence-corrected chi connectivity index (χ4v) is 2.99. The summed E-state index contributed by atoms with van der Waals surface area (Å²) in [4.78, 5) is 9.46. The minimum absolute atomic E-state index is 0.0867. The molecule has 10 heteroatoms. The first-order valence-corrected chi connectivity index (χ1v) is 7.53. The molecule has 0 radical (unpaired) electrons. The second kappa shape index (κ2) is 6.16. The van der Waals surface area contributed by atoms with Gasteiger partial charge in [-0.3, -0.25) is 14.8 Å². The average molecular weight is 344 g/mol. The van der Waals surface area contributed by atoms with Crippen LogP contribution in [0.5, 0.6) is 5.75 Å². The highest BCUT2D eigenvalue weighted by molar-refractivity contribution is 7.92.